The molecule has 0 saturated carbocycles. The van der Waals surface area contributed by atoms with Gasteiger partial charge in [-0.3, -0.25) is 9.55 Å². The Hall–Kier alpha value is -0.940. The zero-order chi connectivity index (χ0) is 17.8. The third-order valence-corrected chi connectivity index (χ3v) is 6.14. The topological polar surface area (TPSA) is 71.5 Å². The normalized spacial score (nSPS) is 23.2. The number of benzene rings is 1. The molecule has 1 aromatic heterocycles. The first-order chi connectivity index (χ1) is 12.0. The largest absolute Gasteiger partial charge is 0.375 e. The van der Waals surface area contributed by atoms with Crippen LogP contribution in [0.1, 0.15) is 29.4 Å². The molecule has 3 rings (SSSR count). The van der Waals surface area contributed by atoms with Gasteiger partial charge in [-0.1, -0.05) is 35.3 Å². The van der Waals surface area contributed by atoms with Crippen molar-refractivity contribution in [1.29, 1.82) is 0 Å². The number of halogens is 2. The van der Waals surface area contributed by atoms with Crippen LogP contribution >= 0.6 is 31.2 Å². The first-order valence-electron chi connectivity index (χ1n) is 7.98. The van der Waals surface area contributed by atoms with Crippen molar-refractivity contribution < 1.29 is 14.2 Å². The van der Waals surface area contributed by atoms with Gasteiger partial charge in [0.05, 0.1) is 40.2 Å². The van der Waals surface area contributed by atoms with E-state index in [4.69, 9.17) is 27.9 Å². The summed E-state index contributed by atoms with van der Waals surface area (Å²) in [5.74, 6) is 0. The van der Waals surface area contributed by atoms with E-state index in [0.29, 0.717) is 35.3 Å². The average Bonchev–Trinajstić information content (AvgIpc) is 2.63. The van der Waals surface area contributed by atoms with Crippen molar-refractivity contribution in [1.82, 2.24) is 10.3 Å². The molecule has 2 N–H and O–H groups in total. The molecule has 4 unspecified atom stereocenters. The molecular formula is C17H19Cl2N2O3P. The molecule has 1 aliphatic rings. The van der Waals surface area contributed by atoms with Crippen molar-refractivity contribution in [2.24, 2.45) is 0 Å². The smallest absolute Gasteiger partial charge is 0.198 e. The molecule has 2 heterocycles. The highest BCUT2D eigenvalue weighted by Gasteiger charge is 2.28. The van der Waals surface area contributed by atoms with Crippen molar-refractivity contribution in [3.63, 3.8) is 0 Å². The molecule has 1 fully saturated rings. The minimum Gasteiger partial charge on any atom is -0.375 e. The minimum absolute atomic E-state index is 0.0190. The van der Waals surface area contributed by atoms with E-state index in [1.165, 1.54) is 0 Å². The maximum atomic E-state index is 11.8. The number of nitrogens with zero attached hydrogens (tertiary/aromatic N) is 1. The molecule has 1 saturated heterocycles. The van der Waals surface area contributed by atoms with Gasteiger partial charge in [0.1, 0.15) is 0 Å². The summed E-state index contributed by atoms with van der Waals surface area (Å²) >= 11 is 12.0. The highest BCUT2D eigenvalue weighted by atomic mass is 35.5. The predicted octanol–water partition coefficient (Wildman–Crippen LogP) is 4.02. The Balaban J connectivity index is 1.61. The van der Waals surface area contributed by atoms with Crippen molar-refractivity contribution >= 4 is 31.2 Å². The summed E-state index contributed by atoms with van der Waals surface area (Å²) < 4.78 is 17.7. The molecule has 1 aliphatic heterocycles. The van der Waals surface area contributed by atoms with Crippen LogP contribution in [0.25, 0.3) is 0 Å². The van der Waals surface area contributed by atoms with E-state index in [1.807, 2.05) is 18.2 Å². The lowest BCUT2D eigenvalue weighted by Crippen LogP contribution is -2.41. The van der Waals surface area contributed by atoms with Crippen LogP contribution in [0.3, 0.4) is 0 Å². The van der Waals surface area contributed by atoms with Crippen LogP contribution in [0.4, 0.5) is 0 Å². The first-order valence-corrected chi connectivity index (χ1v) is 10.2. The number of ether oxygens (including phenoxy) is 1. The summed E-state index contributed by atoms with van der Waals surface area (Å²) in [5, 5.41) is 4.44. The van der Waals surface area contributed by atoms with Gasteiger partial charge in [-0.2, -0.15) is 0 Å². The van der Waals surface area contributed by atoms with E-state index in [1.54, 1.807) is 24.4 Å². The number of nitrogens with one attached hydrogen (secondary N) is 1. The summed E-state index contributed by atoms with van der Waals surface area (Å²) in [6, 6.07) is 10.9. The Morgan fingerprint density at radius 3 is 2.76 bits per heavy atom. The zero-order valence-electron chi connectivity index (χ0n) is 13.4. The van der Waals surface area contributed by atoms with Crippen molar-refractivity contribution in [2.45, 2.75) is 24.2 Å². The lowest BCUT2D eigenvalue weighted by molar-refractivity contribution is -0.00158. The van der Waals surface area contributed by atoms with Crippen LogP contribution in [0.15, 0.2) is 42.6 Å². The fourth-order valence-corrected chi connectivity index (χ4v) is 4.11. The second kappa shape index (κ2) is 8.63. The van der Waals surface area contributed by atoms with Crippen LogP contribution in [0.2, 0.25) is 10.0 Å². The molecule has 4 atom stereocenters. The third-order valence-electron chi connectivity index (χ3n) is 4.28. The van der Waals surface area contributed by atoms with Crippen LogP contribution < -0.4 is 5.32 Å². The molecule has 8 heteroatoms. The molecule has 25 heavy (non-hydrogen) atoms. The minimum atomic E-state index is -2.75. The molecule has 2 aromatic rings. The number of pyridine rings is 1. The zero-order valence-corrected chi connectivity index (χ0v) is 15.9. The molecule has 0 radical (unpaired) electrons. The molecule has 0 bridgehead atoms. The van der Waals surface area contributed by atoms with Crippen molar-refractivity contribution in [3.8, 4) is 0 Å². The molecule has 0 aliphatic carbocycles. The van der Waals surface area contributed by atoms with Gasteiger partial charge in [0.25, 0.3) is 0 Å². The Morgan fingerprint density at radius 2 is 2.16 bits per heavy atom. The summed E-state index contributed by atoms with van der Waals surface area (Å²) in [4.78, 5) is 13.9. The number of hydrogen-bond donors (Lipinski definition) is 2. The first kappa shape index (κ1) is 18.8. The molecular weight excluding hydrogens is 382 g/mol. The molecule has 5 nitrogen and oxygen atoms in total. The lowest BCUT2D eigenvalue weighted by atomic mass is 10.0. The van der Waals surface area contributed by atoms with E-state index >= 15 is 0 Å². The van der Waals surface area contributed by atoms with Gasteiger partial charge in [0.15, 0.2) is 8.03 Å². The van der Waals surface area contributed by atoms with Crippen LogP contribution in [-0.4, -0.2) is 29.1 Å². The fourth-order valence-electron chi connectivity index (χ4n) is 2.91. The number of aromatic nitrogens is 1. The van der Waals surface area contributed by atoms with E-state index in [9.17, 15) is 9.46 Å². The molecule has 0 amide bonds. The van der Waals surface area contributed by atoms with Gasteiger partial charge < -0.3 is 14.9 Å². The monoisotopic (exact) mass is 400 g/mol. The summed E-state index contributed by atoms with van der Waals surface area (Å²) in [7, 11) is -2.75. The van der Waals surface area contributed by atoms with Gasteiger partial charge in [-0.15, -0.1) is 0 Å². The van der Waals surface area contributed by atoms with Gasteiger partial charge in [0.2, 0.25) is 0 Å². The van der Waals surface area contributed by atoms with Crippen molar-refractivity contribution in [2.75, 3.05) is 13.2 Å². The Bertz CT molecular complexity index is 740. The van der Waals surface area contributed by atoms with Crippen molar-refractivity contribution in [3.05, 3.63) is 63.9 Å². The van der Waals surface area contributed by atoms with E-state index in [2.05, 4.69) is 10.3 Å². The van der Waals surface area contributed by atoms with Gasteiger partial charge in [-0.25, -0.2) is 0 Å². The summed E-state index contributed by atoms with van der Waals surface area (Å²) in [6.45, 7) is 1.05. The number of rotatable bonds is 5. The number of morpholine rings is 1. The second-order valence-electron chi connectivity index (χ2n) is 5.97. The summed E-state index contributed by atoms with van der Waals surface area (Å²) in [5.41, 5.74) is 1.13. The summed E-state index contributed by atoms with van der Waals surface area (Å²) in [6.07, 6.45) is 1.94. The van der Waals surface area contributed by atoms with Gasteiger partial charge in [-0.05, 0) is 36.2 Å². The fraction of sp³-hybridized carbons (Fsp3) is 0.353. The van der Waals surface area contributed by atoms with Gasteiger partial charge >= 0.3 is 0 Å². The SMILES string of the molecule is O=[PH](O)C(CC1CNC(c2ccc(Cl)c(Cl)c2)CO1)c1ccccn1. The second-order valence-corrected chi connectivity index (χ2v) is 8.16. The quantitative estimate of drug-likeness (QED) is 0.741. The Morgan fingerprint density at radius 1 is 1.32 bits per heavy atom. The van der Waals surface area contributed by atoms with Crippen LogP contribution in [0, 0.1) is 0 Å². The highest BCUT2D eigenvalue weighted by Crippen LogP contribution is 2.41. The van der Waals surface area contributed by atoms with Crippen LogP contribution in [-0.2, 0) is 9.30 Å². The van der Waals surface area contributed by atoms with E-state index < -0.39 is 13.7 Å². The molecule has 1 aromatic carbocycles. The standard InChI is InChI=1S/C17H19Cl2N2O3P/c18-13-5-4-11(7-14(13)19)16-10-24-12(9-21-16)8-17(25(22)23)15-3-1-2-6-20-15/h1-7,12,16-17,21,25H,8-10H2,(H,22,23). The third kappa shape index (κ3) is 4.82. The Kier molecular flexibility index (Phi) is 6.50. The van der Waals surface area contributed by atoms with Gasteiger partial charge in [0, 0.05) is 12.7 Å². The van der Waals surface area contributed by atoms with E-state index in [-0.39, 0.29) is 12.1 Å². The molecule has 0 spiro atoms. The lowest BCUT2D eigenvalue weighted by Gasteiger charge is -2.32. The Labute approximate surface area is 157 Å². The maximum Gasteiger partial charge on any atom is 0.198 e. The van der Waals surface area contributed by atoms with Crippen LogP contribution in [0.5, 0.6) is 0 Å². The maximum absolute atomic E-state index is 11.8. The van der Waals surface area contributed by atoms with E-state index in [0.717, 1.165) is 5.56 Å². The highest BCUT2D eigenvalue weighted by molar-refractivity contribution is 7.38. The average molecular weight is 401 g/mol. The molecule has 134 valence electrons. The predicted molar refractivity (Wildman–Crippen MR) is 99.8 cm³/mol. The number of hydrogen-bond acceptors (Lipinski definition) is 4.